The van der Waals surface area contributed by atoms with Crippen molar-refractivity contribution in [2.45, 2.75) is 58.9 Å². The van der Waals surface area contributed by atoms with Crippen molar-refractivity contribution in [2.24, 2.45) is 11.7 Å². The molecule has 0 aromatic carbocycles. The highest BCUT2D eigenvalue weighted by Crippen LogP contribution is 2.22. The first-order valence-corrected chi connectivity index (χ1v) is 6.37. The second kappa shape index (κ2) is 7.24. The van der Waals surface area contributed by atoms with E-state index >= 15 is 0 Å². The van der Waals surface area contributed by atoms with Crippen molar-refractivity contribution in [3.63, 3.8) is 0 Å². The van der Waals surface area contributed by atoms with E-state index in [0.717, 1.165) is 6.54 Å². The average Bonchev–Trinajstić information content (AvgIpc) is 2.16. The summed E-state index contributed by atoms with van der Waals surface area (Å²) >= 11 is 0. The Hall–Kier alpha value is -0.0800. The van der Waals surface area contributed by atoms with E-state index in [4.69, 9.17) is 5.73 Å². The zero-order valence-electron chi connectivity index (χ0n) is 11.3. The molecule has 0 saturated carbocycles. The Morgan fingerprint density at radius 3 is 2.27 bits per heavy atom. The summed E-state index contributed by atoms with van der Waals surface area (Å²) in [6.45, 7) is 11.0. The summed E-state index contributed by atoms with van der Waals surface area (Å²) in [6.07, 6.45) is 5.09. The van der Waals surface area contributed by atoms with Crippen LogP contribution in [0.2, 0.25) is 0 Å². The van der Waals surface area contributed by atoms with Gasteiger partial charge in [-0.05, 0) is 39.3 Å². The first kappa shape index (κ1) is 14.9. The minimum atomic E-state index is 0.182. The molecule has 0 rings (SSSR count). The summed E-state index contributed by atoms with van der Waals surface area (Å²) in [5, 5.41) is 0. The van der Waals surface area contributed by atoms with Gasteiger partial charge in [0.2, 0.25) is 0 Å². The molecule has 0 aromatic heterocycles. The summed E-state index contributed by atoms with van der Waals surface area (Å²) in [7, 11) is 2.21. The number of hydrogen-bond donors (Lipinski definition) is 1. The number of unbranched alkanes of at least 4 members (excludes halogenated alkanes) is 2. The fourth-order valence-electron chi connectivity index (χ4n) is 2.14. The summed E-state index contributed by atoms with van der Waals surface area (Å²) in [5.74, 6) is 0.715. The number of nitrogens with zero attached hydrogens (tertiary/aromatic N) is 1. The molecule has 0 aliphatic heterocycles. The molecule has 0 saturated heterocycles. The molecule has 0 amide bonds. The third kappa shape index (κ3) is 5.53. The molecular weight excluding hydrogens is 184 g/mol. The van der Waals surface area contributed by atoms with E-state index < -0.39 is 0 Å². The maximum atomic E-state index is 5.92. The molecule has 2 heteroatoms. The van der Waals surface area contributed by atoms with E-state index in [2.05, 4.69) is 39.6 Å². The second-order valence-electron chi connectivity index (χ2n) is 5.43. The van der Waals surface area contributed by atoms with Gasteiger partial charge in [0.25, 0.3) is 0 Å². The smallest absolute Gasteiger partial charge is 0.0303 e. The average molecular weight is 214 g/mol. The first-order valence-electron chi connectivity index (χ1n) is 6.37. The maximum Gasteiger partial charge on any atom is 0.0303 e. The molecule has 0 bridgehead atoms. The van der Waals surface area contributed by atoms with Gasteiger partial charge in [-0.15, -0.1) is 0 Å². The Bertz CT molecular complexity index is 157. The largest absolute Gasteiger partial charge is 0.329 e. The predicted octanol–water partition coefficient (Wildman–Crippen LogP) is 2.87. The second-order valence-corrected chi connectivity index (χ2v) is 5.43. The minimum Gasteiger partial charge on any atom is -0.329 e. The van der Waals surface area contributed by atoms with E-state index in [1.807, 2.05) is 0 Å². The van der Waals surface area contributed by atoms with Gasteiger partial charge in [-0.2, -0.15) is 0 Å². The van der Waals surface area contributed by atoms with E-state index in [0.29, 0.717) is 5.92 Å². The van der Waals surface area contributed by atoms with Gasteiger partial charge in [0.05, 0.1) is 0 Å². The Labute approximate surface area is 96.2 Å². The van der Waals surface area contributed by atoms with Crippen LogP contribution in [0, 0.1) is 5.92 Å². The highest BCUT2D eigenvalue weighted by molar-refractivity contribution is 4.86. The SMILES string of the molecule is CCCCCN(C)C(C)(CN)CC(C)C. The molecule has 1 atom stereocenters. The Balaban J connectivity index is 4.11. The Morgan fingerprint density at radius 1 is 1.27 bits per heavy atom. The molecule has 92 valence electrons. The van der Waals surface area contributed by atoms with Crippen molar-refractivity contribution in [1.82, 2.24) is 4.90 Å². The van der Waals surface area contributed by atoms with Crippen LogP contribution in [0.1, 0.15) is 53.4 Å². The van der Waals surface area contributed by atoms with Gasteiger partial charge < -0.3 is 5.73 Å². The lowest BCUT2D eigenvalue weighted by Gasteiger charge is -2.39. The summed E-state index contributed by atoms with van der Waals surface area (Å²) in [5.41, 5.74) is 6.10. The topological polar surface area (TPSA) is 29.3 Å². The molecule has 2 N–H and O–H groups in total. The Kier molecular flexibility index (Phi) is 7.20. The van der Waals surface area contributed by atoms with Gasteiger partial charge in [-0.3, -0.25) is 4.90 Å². The van der Waals surface area contributed by atoms with Crippen LogP contribution in [0.5, 0.6) is 0 Å². The fourth-order valence-corrected chi connectivity index (χ4v) is 2.14. The van der Waals surface area contributed by atoms with Crippen LogP contribution in [0.3, 0.4) is 0 Å². The van der Waals surface area contributed by atoms with Gasteiger partial charge >= 0.3 is 0 Å². The lowest BCUT2D eigenvalue weighted by Crippen LogP contribution is -2.50. The zero-order chi connectivity index (χ0) is 11.9. The van der Waals surface area contributed by atoms with E-state index in [1.165, 1.54) is 32.2 Å². The van der Waals surface area contributed by atoms with Gasteiger partial charge in [0.1, 0.15) is 0 Å². The van der Waals surface area contributed by atoms with E-state index in [1.54, 1.807) is 0 Å². The van der Waals surface area contributed by atoms with Crippen LogP contribution in [0.4, 0.5) is 0 Å². The maximum absolute atomic E-state index is 5.92. The molecule has 0 heterocycles. The third-order valence-electron chi connectivity index (χ3n) is 3.31. The quantitative estimate of drug-likeness (QED) is 0.630. The van der Waals surface area contributed by atoms with Crippen LogP contribution < -0.4 is 5.73 Å². The van der Waals surface area contributed by atoms with Crippen LogP contribution >= 0.6 is 0 Å². The van der Waals surface area contributed by atoms with Gasteiger partial charge in [-0.25, -0.2) is 0 Å². The van der Waals surface area contributed by atoms with Crippen LogP contribution in [-0.4, -0.2) is 30.6 Å². The molecule has 0 aliphatic carbocycles. The molecule has 15 heavy (non-hydrogen) atoms. The highest BCUT2D eigenvalue weighted by Gasteiger charge is 2.27. The van der Waals surface area contributed by atoms with Crippen LogP contribution in [0.15, 0.2) is 0 Å². The molecule has 0 radical (unpaired) electrons. The van der Waals surface area contributed by atoms with Crippen molar-refractivity contribution in [3.8, 4) is 0 Å². The van der Waals surface area contributed by atoms with Crippen molar-refractivity contribution >= 4 is 0 Å². The lowest BCUT2D eigenvalue weighted by molar-refractivity contribution is 0.117. The molecule has 2 nitrogen and oxygen atoms in total. The monoisotopic (exact) mass is 214 g/mol. The first-order chi connectivity index (χ1) is 6.96. The third-order valence-corrected chi connectivity index (χ3v) is 3.31. The van der Waals surface area contributed by atoms with Gasteiger partial charge in [0.15, 0.2) is 0 Å². The van der Waals surface area contributed by atoms with Gasteiger partial charge in [0, 0.05) is 12.1 Å². The van der Waals surface area contributed by atoms with E-state index in [9.17, 15) is 0 Å². The van der Waals surface area contributed by atoms with E-state index in [-0.39, 0.29) is 5.54 Å². The molecule has 1 unspecified atom stereocenters. The molecule has 0 aromatic rings. The Morgan fingerprint density at radius 2 is 1.87 bits per heavy atom. The highest BCUT2D eigenvalue weighted by atomic mass is 15.2. The summed E-state index contributed by atoms with van der Waals surface area (Å²) in [6, 6.07) is 0. The van der Waals surface area contributed by atoms with Crippen molar-refractivity contribution in [3.05, 3.63) is 0 Å². The number of rotatable bonds is 8. The molecule has 0 aliphatic rings. The molecular formula is C13H30N2. The molecule has 0 fully saturated rings. The van der Waals surface area contributed by atoms with Crippen molar-refractivity contribution in [1.29, 1.82) is 0 Å². The van der Waals surface area contributed by atoms with Crippen molar-refractivity contribution < 1.29 is 0 Å². The molecule has 0 spiro atoms. The zero-order valence-corrected chi connectivity index (χ0v) is 11.3. The number of nitrogens with two attached hydrogens (primary N) is 1. The number of hydrogen-bond acceptors (Lipinski definition) is 2. The number of likely N-dealkylation sites (N-methyl/N-ethyl adjacent to an activating group) is 1. The summed E-state index contributed by atoms with van der Waals surface area (Å²) < 4.78 is 0. The van der Waals surface area contributed by atoms with Crippen molar-refractivity contribution in [2.75, 3.05) is 20.1 Å². The van der Waals surface area contributed by atoms with Crippen LogP contribution in [0.25, 0.3) is 0 Å². The predicted molar refractivity (Wildman–Crippen MR) is 69.1 cm³/mol. The van der Waals surface area contributed by atoms with Crippen LogP contribution in [-0.2, 0) is 0 Å². The minimum absolute atomic E-state index is 0.182. The summed E-state index contributed by atoms with van der Waals surface area (Å²) in [4.78, 5) is 2.45. The lowest BCUT2D eigenvalue weighted by atomic mass is 9.89. The standard InChI is InChI=1S/C13H30N2/c1-6-7-8-9-15(5)13(4,11-14)10-12(2)3/h12H,6-11,14H2,1-5H3. The fraction of sp³-hybridized carbons (Fsp3) is 1.00. The van der Waals surface area contributed by atoms with Gasteiger partial charge in [-0.1, -0.05) is 33.6 Å². The normalized spacial score (nSPS) is 16.0.